The van der Waals surface area contributed by atoms with E-state index in [9.17, 15) is 26.4 Å². The molecule has 166 valence electrons. The van der Waals surface area contributed by atoms with E-state index in [1.807, 2.05) is 11.5 Å². The largest absolute Gasteiger partial charge is 0.328 e. The monoisotopic (exact) mass is 454 g/mol. The minimum Gasteiger partial charge on any atom is -0.328 e. The van der Waals surface area contributed by atoms with Crippen LogP contribution in [-0.4, -0.2) is 42.3 Å². The first kappa shape index (κ1) is 22.8. The smallest absolute Gasteiger partial charge is 0.242 e. The molecule has 1 heterocycles. The average molecular weight is 454 g/mol. The van der Waals surface area contributed by atoms with E-state index in [-0.39, 0.29) is 17.7 Å². The van der Waals surface area contributed by atoms with E-state index in [0.717, 1.165) is 16.4 Å². The van der Waals surface area contributed by atoms with E-state index < -0.39 is 39.1 Å². The fourth-order valence-corrected chi connectivity index (χ4v) is 4.06. The summed E-state index contributed by atoms with van der Waals surface area (Å²) in [6, 6.07) is 6.29. The molecule has 1 amide bonds. The molecule has 0 aliphatic rings. The molecule has 1 N–H and O–H groups in total. The van der Waals surface area contributed by atoms with Gasteiger partial charge in [-0.3, -0.25) is 4.79 Å². The number of anilines is 1. The predicted octanol–water partition coefficient (Wildman–Crippen LogP) is 3.30. The Kier molecular flexibility index (Phi) is 6.37. The lowest BCUT2D eigenvalue weighted by atomic mass is 10.2. The molecule has 7 nitrogen and oxygen atoms in total. The van der Waals surface area contributed by atoms with Crippen molar-refractivity contribution < 1.29 is 26.4 Å². The van der Waals surface area contributed by atoms with Gasteiger partial charge >= 0.3 is 0 Å². The minimum absolute atomic E-state index is 0.0926. The van der Waals surface area contributed by atoms with Crippen molar-refractivity contribution in [1.29, 1.82) is 0 Å². The third kappa shape index (κ3) is 4.42. The molecule has 2 aromatic carbocycles. The first-order valence-electron chi connectivity index (χ1n) is 9.41. The number of aryl methyl sites for hydroxylation is 2. The normalized spacial score (nSPS) is 12.0. The van der Waals surface area contributed by atoms with Gasteiger partial charge < -0.3 is 9.88 Å². The molecule has 3 rings (SSSR count). The molecular weight excluding hydrogens is 433 g/mol. The number of imidazole rings is 1. The Hall–Kier alpha value is -2.92. The molecule has 11 heteroatoms. The molecule has 3 aromatic rings. The summed E-state index contributed by atoms with van der Waals surface area (Å²) in [5.41, 5.74) is 0.723. The number of nitrogens with zero attached hydrogens (tertiary/aromatic N) is 3. The van der Waals surface area contributed by atoms with Gasteiger partial charge in [0.05, 0.1) is 21.6 Å². The first-order valence-corrected chi connectivity index (χ1v) is 10.8. The van der Waals surface area contributed by atoms with Crippen LogP contribution in [0.2, 0.25) is 0 Å². The van der Waals surface area contributed by atoms with Gasteiger partial charge in [0, 0.05) is 33.5 Å². The summed E-state index contributed by atoms with van der Waals surface area (Å²) in [6.45, 7) is 2.41. The summed E-state index contributed by atoms with van der Waals surface area (Å²) in [6.07, 6.45) is 0.0834. The lowest BCUT2D eigenvalue weighted by Gasteiger charge is -2.11. The lowest BCUT2D eigenvalue weighted by Crippen LogP contribution is -2.22. The molecule has 0 bridgehead atoms. The fraction of sp³-hybridized carbons (Fsp3) is 0.300. The molecule has 1 aromatic heterocycles. The second-order valence-corrected chi connectivity index (χ2v) is 9.13. The number of benzene rings is 2. The minimum atomic E-state index is -3.62. The molecule has 0 aliphatic heterocycles. The van der Waals surface area contributed by atoms with Crippen LogP contribution in [0.4, 0.5) is 18.9 Å². The summed E-state index contributed by atoms with van der Waals surface area (Å²) in [5, 5.41) is 2.22. The molecule has 0 spiro atoms. The Balaban J connectivity index is 1.81. The van der Waals surface area contributed by atoms with Crippen LogP contribution in [0.1, 0.15) is 19.2 Å². The maximum absolute atomic E-state index is 13.7. The van der Waals surface area contributed by atoms with E-state index in [4.69, 9.17) is 0 Å². The molecule has 0 radical (unpaired) electrons. The summed E-state index contributed by atoms with van der Waals surface area (Å²) < 4.78 is 67.7. The summed E-state index contributed by atoms with van der Waals surface area (Å²) in [5.74, 6) is -4.53. The van der Waals surface area contributed by atoms with Crippen molar-refractivity contribution in [1.82, 2.24) is 13.9 Å². The van der Waals surface area contributed by atoms with Crippen molar-refractivity contribution in [2.45, 2.75) is 31.2 Å². The standard InChI is InChI=1S/C20H21F3N4O3S/c1-4-27-16-8-5-12(31(29,30)26(2)3)11-15(16)24-17(27)9-10-18(28)25-14-7-6-13(21)19(22)20(14)23/h5-8,11H,4,9-10H2,1-3H3,(H,25,28). The summed E-state index contributed by atoms with van der Waals surface area (Å²) in [4.78, 5) is 16.8. The van der Waals surface area contributed by atoms with E-state index >= 15 is 0 Å². The van der Waals surface area contributed by atoms with Gasteiger partial charge in [-0.25, -0.2) is 30.9 Å². The number of hydrogen-bond acceptors (Lipinski definition) is 4. The second kappa shape index (κ2) is 8.67. The molecule has 0 saturated heterocycles. The highest BCUT2D eigenvalue weighted by molar-refractivity contribution is 7.89. The van der Waals surface area contributed by atoms with Crippen LogP contribution in [0.3, 0.4) is 0 Å². The number of carbonyl (C=O) groups excluding carboxylic acids is 1. The topological polar surface area (TPSA) is 84.3 Å². The van der Waals surface area contributed by atoms with Crippen molar-refractivity contribution >= 4 is 32.7 Å². The van der Waals surface area contributed by atoms with Crippen LogP contribution in [0.5, 0.6) is 0 Å². The Morgan fingerprint density at radius 1 is 1.13 bits per heavy atom. The highest BCUT2D eigenvalue weighted by Gasteiger charge is 2.20. The van der Waals surface area contributed by atoms with Crippen LogP contribution in [0, 0.1) is 17.5 Å². The first-order chi connectivity index (χ1) is 14.6. The van der Waals surface area contributed by atoms with E-state index in [1.165, 1.54) is 26.2 Å². The third-order valence-corrected chi connectivity index (χ3v) is 6.59. The zero-order valence-electron chi connectivity index (χ0n) is 17.1. The van der Waals surface area contributed by atoms with Crippen LogP contribution in [0.25, 0.3) is 11.0 Å². The van der Waals surface area contributed by atoms with Crippen molar-refractivity contribution in [3.05, 3.63) is 53.6 Å². The highest BCUT2D eigenvalue weighted by Crippen LogP contribution is 2.23. The van der Waals surface area contributed by atoms with E-state index in [1.54, 1.807) is 6.07 Å². The maximum atomic E-state index is 13.7. The van der Waals surface area contributed by atoms with Gasteiger partial charge in [0.25, 0.3) is 0 Å². The molecular formula is C20H21F3N4O3S. The van der Waals surface area contributed by atoms with Gasteiger partial charge in [0.2, 0.25) is 15.9 Å². The molecule has 0 atom stereocenters. The molecule has 0 unspecified atom stereocenters. The number of sulfonamides is 1. The number of rotatable bonds is 7. The predicted molar refractivity (Wildman–Crippen MR) is 110 cm³/mol. The zero-order chi connectivity index (χ0) is 22.9. The van der Waals surface area contributed by atoms with Gasteiger partial charge in [0.1, 0.15) is 5.82 Å². The number of nitrogens with one attached hydrogen (secondary N) is 1. The Morgan fingerprint density at radius 3 is 2.48 bits per heavy atom. The summed E-state index contributed by atoms with van der Waals surface area (Å²) >= 11 is 0. The molecule has 0 saturated carbocycles. The molecule has 31 heavy (non-hydrogen) atoms. The zero-order valence-corrected chi connectivity index (χ0v) is 17.9. The van der Waals surface area contributed by atoms with Crippen molar-refractivity contribution in [3.63, 3.8) is 0 Å². The lowest BCUT2D eigenvalue weighted by molar-refractivity contribution is -0.116. The third-order valence-electron chi connectivity index (χ3n) is 4.78. The number of hydrogen-bond donors (Lipinski definition) is 1. The van der Waals surface area contributed by atoms with Crippen LogP contribution >= 0.6 is 0 Å². The van der Waals surface area contributed by atoms with Gasteiger partial charge in [-0.05, 0) is 37.3 Å². The Labute approximate surface area is 177 Å². The van der Waals surface area contributed by atoms with Crippen LogP contribution in [0.15, 0.2) is 35.2 Å². The highest BCUT2D eigenvalue weighted by atomic mass is 32.2. The Morgan fingerprint density at radius 2 is 1.84 bits per heavy atom. The Bertz CT molecular complexity index is 1260. The van der Waals surface area contributed by atoms with E-state index in [2.05, 4.69) is 10.3 Å². The average Bonchev–Trinajstić information content (AvgIpc) is 3.09. The van der Waals surface area contributed by atoms with Crippen LogP contribution in [-0.2, 0) is 27.8 Å². The molecule has 0 aliphatic carbocycles. The van der Waals surface area contributed by atoms with E-state index in [0.29, 0.717) is 23.4 Å². The number of carbonyl (C=O) groups is 1. The van der Waals surface area contributed by atoms with Gasteiger partial charge in [-0.15, -0.1) is 0 Å². The number of amides is 1. The quantitative estimate of drug-likeness (QED) is 0.556. The van der Waals surface area contributed by atoms with Gasteiger partial charge in [-0.2, -0.15) is 0 Å². The van der Waals surface area contributed by atoms with Crippen molar-refractivity contribution in [2.75, 3.05) is 19.4 Å². The molecule has 0 fully saturated rings. The number of aromatic nitrogens is 2. The van der Waals surface area contributed by atoms with Crippen molar-refractivity contribution in [2.24, 2.45) is 0 Å². The maximum Gasteiger partial charge on any atom is 0.242 e. The number of halogens is 3. The van der Waals surface area contributed by atoms with Crippen molar-refractivity contribution in [3.8, 4) is 0 Å². The second-order valence-electron chi connectivity index (χ2n) is 6.98. The van der Waals surface area contributed by atoms with Gasteiger partial charge in [-0.1, -0.05) is 0 Å². The fourth-order valence-electron chi connectivity index (χ4n) is 3.13. The number of fused-ring (bicyclic) bond motifs is 1. The summed E-state index contributed by atoms with van der Waals surface area (Å²) in [7, 11) is -0.753. The van der Waals surface area contributed by atoms with Gasteiger partial charge in [0.15, 0.2) is 17.5 Å². The SMILES string of the molecule is CCn1c(CCC(=O)Nc2ccc(F)c(F)c2F)nc2cc(S(=O)(=O)N(C)C)ccc21. The van der Waals surface area contributed by atoms with Crippen LogP contribution < -0.4 is 5.32 Å².